The van der Waals surface area contributed by atoms with E-state index >= 15 is 0 Å². The van der Waals surface area contributed by atoms with Gasteiger partial charge in [-0.25, -0.2) is 4.79 Å². The van der Waals surface area contributed by atoms with Crippen LogP contribution < -0.4 is 10.6 Å². The Balaban J connectivity index is 1.33. The fraction of sp³-hybridized carbons (Fsp3) is 0.375. The Morgan fingerprint density at radius 2 is 1.94 bits per heavy atom. The van der Waals surface area contributed by atoms with E-state index in [9.17, 15) is 14.4 Å². The summed E-state index contributed by atoms with van der Waals surface area (Å²) < 4.78 is 1.87. The monoisotopic (exact) mass is 480 g/mol. The quantitative estimate of drug-likeness (QED) is 0.409. The number of aromatic nitrogens is 3. The van der Waals surface area contributed by atoms with Crippen LogP contribution in [-0.2, 0) is 16.0 Å². The fourth-order valence-corrected chi connectivity index (χ4v) is 4.48. The van der Waals surface area contributed by atoms with Crippen LogP contribution in [0, 0.1) is 0 Å². The Morgan fingerprint density at radius 1 is 1.15 bits per heavy atom. The van der Waals surface area contributed by atoms with E-state index in [4.69, 9.17) is 0 Å². The van der Waals surface area contributed by atoms with Gasteiger partial charge < -0.3 is 10.6 Å². The van der Waals surface area contributed by atoms with Gasteiger partial charge in [-0.1, -0.05) is 36.4 Å². The zero-order valence-corrected chi connectivity index (χ0v) is 19.8. The largest absolute Gasteiger partial charge is 0.346 e. The number of hydrogen-bond donors (Lipinski definition) is 2. The summed E-state index contributed by atoms with van der Waals surface area (Å²) in [6, 6.07) is 14.0. The molecular formula is C24H28N6O3S. The minimum absolute atomic E-state index is 0.121. The first-order chi connectivity index (χ1) is 16.6. The number of pyridine rings is 1. The molecule has 0 radical (unpaired) electrons. The molecule has 9 nitrogen and oxygen atoms in total. The van der Waals surface area contributed by atoms with E-state index in [1.807, 2.05) is 65.4 Å². The van der Waals surface area contributed by atoms with E-state index in [1.54, 1.807) is 11.8 Å². The summed E-state index contributed by atoms with van der Waals surface area (Å²) in [6.07, 6.45) is 5.55. The lowest BCUT2D eigenvalue weighted by Gasteiger charge is -2.17. The summed E-state index contributed by atoms with van der Waals surface area (Å²) in [4.78, 5) is 39.1. The lowest BCUT2D eigenvalue weighted by atomic mass is 10.1. The summed E-state index contributed by atoms with van der Waals surface area (Å²) in [5.41, 5.74) is 1.78. The second-order valence-electron chi connectivity index (χ2n) is 8.15. The molecule has 10 heteroatoms. The predicted octanol–water partition coefficient (Wildman–Crippen LogP) is 2.58. The average Bonchev–Trinajstić information content (AvgIpc) is 3.40. The van der Waals surface area contributed by atoms with E-state index in [1.165, 1.54) is 4.90 Å². The van der Waals surface area contributed by atoms with Crippen LogP contribution in [-0.4, -0.2) is 61.9 Å². The molecule has 2 atom stereocenters. The molecule has 0 unspecified atom stereocenters. The number of benzene rings is 1. The fourth-order valence-electron chi connectivity index (χ4n) is 4.01. The summed E-state index contributed by atoms with van der Waals surface area (Å²) >= 11 is 1.69. The highest BCUT2D eigenvalue weighted by atomic mass is 32.2. The van der Waals surface area contributed by atoms with Gasteiger partial charge in [-0.3, -0.25) is 18.9 Å². The third kappa shape index (κ3) is 5.56. The van der Waals surface area contributed by atoms with Crippen molar-refractivity contribution in [1.82, 2.24) is 30.1 Å². The lowest BCUT2D eigenvalue weighted by molar-refractivity contribution is -0.127. The van der Waals surface area contributed by atoms with Crippen LogP contribution in [0.2, 0.25) is 0 Å². The molecule has 0 spiro atoms. The minimum atomic E-state index is -0.687. The third-order valence-electron chi connectivity index (χ3n) is 5.83. The molecule has 3 heterocycles. The van der Waals surface area contributed by atoms with Gasteiger partial charge in [0.05, 0.1) is 6.04 Å². The number of imide groups is 1. The van der Waals surface area contributed by atoms with Crippen LogP contribution in [0.25, 0.3) is 5.65 Å². The molecule has 178 valence electrons. The van der Waals surface area contributed by atoms with Crippen LogP contribution >= 0.6 is 11.8 Å². The number of thioether (sulfide) groups is 1. The van der Waals surface area contributed by atoms with Gasteiger partial charge in [0.25, 0.3) is 5.91 Å². The molecule has 0 saturated carbocycles. The second kappa shape index (κ2) is 11.1. The summed E-state index contributed by atoms with van der Waals surface area (Å²) in [7, 11) is 0. The van der Waals surface area contributed by atoms with E-state index in [2.05, 4.69) is 20.8 Å². The smallest absolute Gasteiger partial charge is 0.324 e. The number of fused-ring (bicyclic) bond motifs is 1. The number of amides is 4. The van der Waals surface area contributed by atoms with Gasteiger partial charge >= 0.3 is 6.03 Å². The SMILES string of the molecule is CSCC[C@H](NC(=O)CC[C@H]1NC(=O)N(CCc2ccccc2)C1=O)c1nnc2ccccn12. The maximum Gasteiger partial charge on any atom is 0.324 e. The van der Waals surface area contributed by atoms with Crippen molar-refractivity contribution in [3.63, 3.8) is 0 Å². The highest BCUT2D eigenvalue weighted by molar-refractivity contribution is 7.98. The van der Waals surface area contributed by atoms with Crippen LogP contribution in [0.1, 0.15) is 36.7 Å². The zero-order chi connectivity index (χ0) is 23.9. The standard InChI is InChI=1S/C24H28N6O3S/c1-34-16-13-18(22-28-27-20-9-5-6-14-29(20)22)25-21(31)11-10-19-23(32)30(24(33)26-19)15-12-17-7-3-2-4-8-17/h2-9,14,18-19H,10-13,15-16H2,1H3,(H,25,31)(H,26,33)/t18-,19+/m0/s1. The van der Waals surface area contributed by atoms with E-state index in [0.29, 0.717) is 25.2 Å². The van der Waals surface area contributed by atoms with Crippen LogP contribution in [0.15, 0.2) is 54.7 Å². The molecular weight excluding hydrogens is 452 g/mol. The van der Waals surface area contributed by atoms with Crippen molar-refractivity contribution in [1.29, 1.82) is 0 Å². The lowest BCUT2D eigenvalue weighted by Crippen LogP contribution is -2.35. The molecule has 34 heavy (non-hydrogen) atoms. The number of urea groups is 1. The van der Waals surface area contributed by atoms with E-state index in [0.717, 1.165) is 17.0 Å². The van der Waals surface area contributed by atoms with Gasteiger partial charge in [0, 0.05) is 19.2 Å². The Bertz CT molecular complexity index is 1150. The van der Waals surface area contributed by atoms with Crippen LogP contribution in [0.4, 0.5) is 4.79 Å². The molecule has 1 aliphatic heterocycles. The maximum atomic E-state index is 12.8. The first kappa shape index (κ1) is 23.7. The van der Waals surface area contributed by atoms with Gasteiger partial charge in [-0.15, -0.1) is 10.2 Å². The molecule has 2 N–H and O–H groups in total. The molecule has 1 saturated heterocycles. The molecule has 1 aliphatic rings. The van der Waals surface area contributed by atoms with Crippen molar-refractivity contribution >= 4 is 35.3 Å². The number of nitrogens with one attached hydrogen (secondary N) is 2. The minimum Gasteiger partial charge on any atom is -0.346 e. The summed E-state index contributed by atoms with van der Waals surface area (Å²) in [6.45, 7) is 0.314. The van der Waals surface area contributed by atoms with E-state index in [-0.39, 0.29) is 30.7 Å². The number of rotatable bonds is 11. The average molecular weight is 481 g/mol. The molecule has 4 amide bonds. The first-order valence-electron chi connectivity index (χ1n) is 11.3. The van der Waals surface area contributed by atoms with Gasteiger partial charge in [0.15, 0.2) is 11.5 Å². The Labute approximate surface area is 202 Å². The molecule has 2 aromatic heterocycles. The number of carbonyl (C=O) groups excluding carboxylic acids is 3. The van der Waals surface area contributed by atoms with Crippen molar-refractivity contribution in [2.75, 3.05) is 18.6 Å². The van der Waals surface area contributed by atoms with Gasteiger partial charge in [-0.2, -0.15) is 11.8 Å². The van der Waals surface area contributed by atoms with Crippen molar-refractivity contribution in [2.45, 2.75) is 37.8 Å². The van der Waals surface area contributed by atoms with Crippen LogP contribution in [0.3, 0.4) is 0 Å². The van der Waals surface area contributed by atoms with Gasteiger partial charge in [0.2, 0.25) is 5.91 Å². The Hall–Kier alpha value is -3.40. The summed E-state index contributed by atoms with van der Waals surface area (Å²) in [5, 5.41) is 14.2. The van der Waals surface area contributed by atoms with Crippen LogP contribution in [0.5, 0.6) is 0 Å². The third-order valence-corrected chi connectivity index (χ3v) is 6.48. The van der Waals surface area contributed by atoms with Crippen molar-refractivity contribution < 1.29 is 14.4 Å². The normalized spacial score (nSPS) is 16.6. The highest BCUT2D eigenvalue weighted by Crippen LogP contribution is 2.19. The van der Waals surface area contributed by atoms with Crippen molar-refractivity contribution in [3.8, 4) is 0 Å². The zero-order valence-electron chi connectivity index (χ0n) is 19.0. The second-order valence-corrected chi connectivity index (χ2v) is 9.14. The predicted molar refractivity (Wildman–Crippen MR) is 130 cm³/mol. The van der Waals surface area contributed by atoms with Gasteiger partial charge in [-0.05, 0) is 49.0 Å². The maximum absolute atomic E-state index is 12.8. The molecule has 3 aromatic rings. The van der Waals surface area contributed by atoms with Gasteiger partial charge in [0.1, 0.15) is 6.04 Å². The highest BCUT2D eigenvalue weighted by Gasteiger charge is 2.37. The molecule has 0 bridgehead atoms. The van der Waals surface area contributed by atoms with Crippen molar-refractivity contribution in [3.05, 3.63) is 66.1 Å². The molecule has 4 rings (SSSR count). The number of nitrogens with zero attached hydrogens (tertiary/aromatic N) is 4. The molecule has 1 aromatic carbocycles. The summed E-state index contributed by atoms with van der Waals surface area (Å²) in [5.74, 6) is 1.05. The number of hydrogen-bond acceptors (Lipinski definition) is 6. The van der Waals surface area contributed by atoms with Crippen molar-refractivity contribution in [2.24, 2.45) is 0 Å². The Morgan fingerprint density at radius 3 is 2.74 bits per heavy atom. The topological polar surface area (TPSA) is 109 Å². The Kier molecular flexibility index (Phi) is 7.79. The number of carbonyl (C=O) groups is 3. The first-order valence-corrected chi connectivity index (χ1v) is 12.7. The van der Waals surface area contributed by atoms with E-state index < -0.39 is 12.1 Å². The molecule has 1 fully saturated rings. The molecule has 0 aliphatic carbocycles.